The summed E-state index contributed by atoms with van der Waals surface area (Å²) >= 11 is 0. The molecule has 1 aromatic carbocycles. The van der Waals surface area contributed by atoms with E-state index in [0.717, 1.165) is 12.7 Å². The van der Waals surface area contributed by atoms with Gasteiger partial charge in [-0.15, -0.1) is 0 Å². The second-order valence-electron chi connectivity index (χ2n) is 6.94. The molecule has 160 valence electrons. The number of amides is 3. The fraction of sp³-hybridized carbons (Fsp3) is 0.474. The van der Waals surface area contributed by atoms with Crippen molar-refractivity contribution in [2.45, 2.75) is 39.0 Å². The molecule has 0 saturated heterocycles. The maximum absolute atomic E-state index is 11.9. The largest absolute Gasteiger partial charge is 0.467 e. The van der Waals surface area contributed by atoms with Gasteiger partial charge >= 0.3 is 18.2 Å². The number of esters is 1. The van der Waals surface area contributed by atoms with Crippen LogP contribution in [0.25, 0.3) is 0 Å². The summed E-state index contributed by atoms with van der Waals surface area (Å²) in [5.41, 5.74) is 0.0828. The van der Waals surface area contributed by atoms with E-state index in [-0.39, 0.29) is 19.7 Å². The maximum atomic E-state index is 11.9. The zero-order valence-electron chi connectivity index (χ0n) is 16.9. The molecule has 0 radical (unpaired) electrons. The van der Waals surface area contributed by atoms with E-state index in [1.54, 1.807) is 45.0 Å². The van der Waals surface area contributed by atoms with Crippen molar-refractivity contribution in [3.63, 3.8) is 0 Å². The molecule has 10 heteroatoms. The molecule has 3 N–H and O–H groups in total. The minimum atomic E-state index is -1.16. The Morgan fingerprint density at radius 2 is 1.66 bits per heavy atom. The topological polar surface area (TPSA) is 132 Å². The van der Waals surface area contributed by atoms with Crippen LogP contribution in [0.3, 0.4) is 0 Å². The van der Waals surface area contributed by atoms with Crippen LogP contribution in [0.2, 0.25) is 0 Å². The lowest BCUT2D eigenvalue weighted by molar-refractivity contribution is -0.143. The predicted molar refractivity (Wildman–Crippen MR) is 103 cm³/mol. The third kappa shape index (κ3) is 10.6. The summed E-state index contributed by atoms with van der Waals surface area (Å²) in [6.45, 7) is 4.48. The van der Waals surface area contributed by atoms with E-state index in [0.29, 0.717) is 0 Å². The Kier molecular flexibility index (Phi) is 9.43. The van der Waals surface area contributed by atoms with Gasteiger partial charge < -0.3 is 30.2 Å². The van der Waals surface area contributed by atoms with Gasteiger partial charge in [-0.3, -0.25) is 4.79 Å². The first kappa shape index (κ1) is 23.7. The first-order chi connectivity index (χ1) is 13.6. The maximum Gasteiger partial charge on any atom is 0.408 e. The van der Waals surface area contributed by atoms with Gasteiger partial charge in [-0.05, 0) is 26.3 Å². The van der Waals surface area contributed by atoms with E-state index in [1.807, 2.05) is 6.07 Å². The van der Waals surface area contributed by atoms with Gasteiger partial charge in [0.15, 0.2) is 0 Å². The van der Waals surface area contributed by atoms with Crippen LogP contribution in [-0.4, -0.2) is 55.9 Å². The van der Waals surface area contributed by atoms with Crippen LogP contribution in [-0.2, 0) is 30.4 Å². The second-order valence-corrected chi connectivity index (χ2v) is 6.94. The summed E-state index contributed by atoms with van der Waals surface area (Å²) in [6, 6.07) is 7.83. The van der Waals surface area contributed by atoms with Crippen molar-refractivity contribution < 1.29 is 33.4 Å². The molecule has 0 aliphatic carbocycles. The summed E-state index contributed by atoms with van der Waals surface area (Å²) in [4.78, 5) is 47.1. The summed E-state index contributed by atoms with van der Waals surface area (Å²) < 4.78 is 14.7. The number of benzene rings is 1. The zero-order valence-corrected chi connectivity index (χ0v) is 16.9. The summed E-state index contributed by atoms with van der Waals surface area (Å²) in [5.74, 6) is -1.34. The fourth-order valence-corrected chi connectivity index (χ4v) is 1.99. The molecule has 0 aromatic heterocycles. The minimum absolute atomic E-state index is 0.0206. The van der Waals surface area contributed by atoms with Gasteiger partial charge in [-0.2, -0.15) is 0 Å². The molecule has 29 heavy (non-hydrogen) atoms. The van der Waals surface area contributed by atoms with Crippen LogP contribution in [0.5, 0.6) is 0 Å². The van der Waals surface area contributed by atoms with Gasteiger partial charge in [0.2, 0.25) is 5.91 Å². The van der Waals surface area contributed by atoms with Gasteiger partial charge in [0, 0.05) is 6.54 Å². The summed E-state index contributed by atoms with van der Waals surface area (Å²) in [6.07, 6.45) is -1.59. The number of methoxy groups -OCH3 is 1. The Labute approximate surface area is 169 Å². The van der Waals surface area contributed by atoms with Gasteiger partial charge in [0.1, 0.15) is 18.2 Å². The lowest BCUT2D eigenvalue weighted by Gasteiger charge is -2.20. The highest BCUT2D eigenvalue weighted by Gasteiger charge is 2.23. The standard InChI is InChI=1S/C19H27N3O7/c1-19(2,3)29-17(25)21-11-15(23)20-10-14(16(24)27-4)22-18(26)28-12-13-8-6-5-7-9-13/h5-9,14H,10-12H2,1-4H3,(H,20,23)(H,21,25)(H,22,26)/t14-/m0/s1. The lowest BCUT2D eigenvalue weighted by atomic mass is 10.2. The number of hydrogen-bond donors (Lipinski definition) is 3. The van der Waals surface area contributed by atoms with Crippen molar-refractivity contribution in [3.05, 3.63) is 35.9 Å². The Balaban J connectivity index is 2.44. The SMILES string of the molecule is COC(=O)[C@H](CNC(=O)CNC(=O)OC(C)(C)C)NC(=O)OCc1ccccc1. The van der Waals surface area contributed by atoms with Gasteiger partial charge in [-0.25, -0.2) is 14.4 Å². The Morgan fingerprint density at radius 1 is 1.00 bits per heavy atom. The van der Waals surface area contributed by atoms with E-state index in [9.17, 15) is 19.2 Å². The van der Waals surface area contributed by atoms with E-state index in [2.05, 4.69) is 20.7 Å². The van der Waals surface area contributed by atoms with Crippen molar-refractivity contribution in [1.29, 1.82) is 0 Å². The number of hydrogen-bond acceptors (Lipinski definition) is 7. The average molecular weight is 409 g/mol. The molecular formula is C19H27N3O7. The first-order valence-electron chi connectivity index (χ1n) is 8.89. The van der Waals surface area contributed by atoms with Crippen LogP contribution in [0.15, 0.2) is 30.3 Å². The molecule has 10 nitrogen and oxygen atoms in total. The van der Waals surface area contributed by atoms with E-state index in [4.69, 9.17) is 9.47 Å². The minimum Gasteiger partial charge on any atom is -0.467 e. The predicted octanol–water partition coefficient (Wildman–Crippen LogP) is 1.10. The molecule has 0 heterocycles. The summed E-state index contributed by atoms with van der Waals surface area (Å²) in [7, 11) is 1.15. The molecule has 0 fully saturated rings. The molecule has 3 amide bonds. The Hall–Kier alpha value is -3.30. The zero-order chi connectivity index (χ0) is 21.9. The molecule has 0 aliphatic rings. The van der Waals surface area contributed by atoms with E-state index in [1.165, 1.54) is 0 Å². The Morgan fingerprint density at radius 3 is 2.24 bits per heavy atom. The van der Waals surface area contributed by atoms with E-state index >= 15 is 0 Å². The van der Waals surface area contributed by atoms with Crippen molar-refractivity contribution in [1.82, 2.24) is 16.0 Å². The van der Waals surface area contributed by atoms with Crippen LogP contribution < -0.4 is 16.0 Å². The first-order valence-corrected chi connectivity index (χ1v) is 8.89. The van der Waals surface area contributed by atoms with Crippen LogP contribution >= 0.6 is 0 Å². The third-order valence-electron chi connectivity index (χ3n) is 3.29. The number of carbonyl (C=O) groups excluding carboxylic acids is 4. The molecule has 0 spiro atoms. The number of carbonyl (C=O) groups is 4. The smallest absolute Gasteiger partial charge is 0.408 e. The van der Waals surface area contributed by atoms with Gasteiger partial charge in [0.05, 0.1) is 13.7 Å². The normalized spacial score (nSPS) is 11.6. The molecule has 1 aromatic rings. The fourth-order valence-electron chi connectivity index (χ4n) is 1.99. The van der Waals surface area contributed by atoms with Gasteiger partial charge in [0.25, 0.3) is 0 Å². The van der Waals surface area contributed by atoms with Crippen LogP contribution in [0, 0.1) is 0 Å². The van der Waals surface area contributed by atoms with Crippen molar-refractivity contribution >= 4 is 24.1 Å². The van der Waals surface area contributed by atoms with Crippen molar-refractivity contribution in [2.24, 2.45) is 0 Å². The monoisotopic (exact) mass is 409 g/mol. The number of ether oxygens (including phenoxy) is 3. The average Bonchev–Trinajstić information content (AvgIpc) is 2.66. The van der Waals surface area contributed by atoms with E-state index < -0.39 is 35.7 Å². The molecule has 0 bridgehead atoms. The van der Waals surface area contributed by atoms with Crippen molar-refractivity contribution in [3.8, 4) is 0 Å². The third-order valence-corrected chi connectivity index (χ3v) is 3.29. The van der Waals surface area contributed by atoms with Gasteiger partial charge in [-0.1, -0.05) is 30.3 Å². The number of nitrogens with one attached hydrogen (secondary N) is 3. The molecule has 0 unspecified atom stereocenters. The number of alkyl carbamates (subject to hydrolysis) is 2. The second kappa shape index (κ2) is 11.5. The molecule has 0 aliphatic heterocycles. The highest BCUT2D eigenvalue weighted by molar-refractivity contribution is 5.84. The van der Waals surface area contributed by atoms with Crippen molar-refractivity contribution in [2.75, 3.05) is 20.2 Å². The molecular weight excluding hydrogens is 382 g/mol. The lowest BCUT2D eigenvalue weighted by Crippen LogP contribution is -2.50. The number of rotatable bonds is 8. The summed E-state index contributed by atoms with van der Waals surface area (Å²) in [5, 5.41) is 7.03. The quantitative estimate of drug-likeness (QED) is 0.433. The Bertz CT molecular complexity index is 702. The highest BCUT2D eigenvalue weighted by atomic mass is 16.6. The highest BCUT2D eigenvalue weighted by Crippen LogP contribution is 2.06. The molecule has 1 atom stereocenters. The van der Waals surface area contributed by atoms with Crippen LogP contribution in [0.1, 0.15) is 26.3 Å². The molecule has 0 saturated carbocycles. The van der Waals surface area contributed by atoms with Crippen LogP contribution in [0.4, 0.5) is 9.59 Å². The molecule has 1 rings (SSSR count).